The lowest BCUT2D eigenvalue weighted by Gasteiger charge is -2.11. The van der Waals surface area contributed by atoms with Gasteiger partial charge in [-0.1, -0.05) is 42.5 Å². The van der Waals surface area contributed by atoms with Gasteiger partial charge >= 0.3 is 0 Å². The largest absolute Gasteiger partial charge is 0.490 e. The molecule has 0 spiro atoms. The molecular formula is C22H22N2O3. The first-order valence-corrected chi connectivity index (χ1v) is 8.79. The lowest BCUT2D eigenvalue weighted by atomic mass is 10.3. The van der Waals surface area contributed by atoms with E-state index < -0.39 is 0 Å². The van der Waals surface area contributed by atoms with E-state index in [1.165, 1.54) is 0 Å². The molecule has 3 aromatic rings. The molecule has 138 valence electrons. The number of rotatable bonds is 9. The predicted molar refractivity (Wildman–Crippen MR) is 107 cm³/mol. The maximum absolute atomic E-state index is 12.0. The van der Waals surface area contributed by atoms with Crippen molar-refractivity contribution < 1.29 is 14.3 Å². The smallest absolute Gasteiger partial charge is 0.243 e. The van der Waals surface area contributed by atoms with Gasteiger partial charge in [0.05, 0.1) is 6.54 Å². The highest BCUT2D eigenvalue weighted by molar-refractivity contribution is 5.93. The van der Waals surface area contributed by atoms with Crippen molar-refractivity contribution in [1.82, 2.24) is 0 Å². The van der Waals surface area contributed by atoms with E-state index in [0.29, 0.717) is 13.2 Å². The summed E-state index contributed by atoms with van der Waals surface area (Å²) in [5.41, 5.74) is 1.60. The van der Waals surface area contributed by atoms with Gasteiger partial charge in [-0.3, -0.25) is 4.79 Å². The average Bonchev–Trinajstić information content (AvgIpc) is 2.72. The van der Waals surface area contributed by atoms with Gasteiger partial charge in [0, 0.05) is 17.4 Å². The Morgan fingerprint density at radius 1 is 0.704 bits per heavy atom. The molecule has 0 saturated carbocycles. The third-order valence-electron chi connectivity index (χ3n) is 3.71. The number of nitrogens with one attached hydrogen (secondary N) is 2. The van der Waals surface area contributed by atoms with E-state index in [-0.39, 0.29) is 12.5 Å². The molecule has 1 amide bonds. The topological polar surface area (TPSA) is 59.6 Å². The summed E-state index contributed by atoms with van der Waals surface area (Å²) in [6.07, 6.45) is 0. The van der Waals surface area contributed by atoms with Crippen LogP contribution < -0.4 is 20.1 Å². The zero-order valence-electron chi connectivity index (χ0n) is 14.9. The van der Waals surface area contributed by atoms with Gasteiger partial charge < -0.3 is 20.1 Å². The van der Waals surface area contributed by atoms with Crippen LogP contribution in [0.2, 0.25) is 0 Å². The van der Waals surface area contributed by atoms with Crippen LogP contribution in [-0.2, 0) is 4.79 Å². The van der Waals surface area contributed by atoms with Crippen molar-refractivity contribution in [3.8, 4) is 11.5 Å². The van der Waals surface area contributed by atoms with E-state index >= 15 is 0 Å². The third kappa shape index (κ3) is 6.40. The van der Waals surface area contributed by atoms with Gasteiger partial charge in [0.25, 0.3) is 0 Å². The Morgan fingerprint density at radius 2 is 1.30 bits per heavy atom. The number of para-hydroxylation sites is 2. The summed E-state index contributed by atoms with van der Waals surface area (Å²) in [6, 6.07) is 26.5. The van der Waals surface area contributed by atoms with Crippen LogP contribution in [0.4, 0.5) is 11.4 Å². The highest BCUT2D eigenvalue weighted by atomic mass is 16.5. The highest BCUT2D eigenvalue weighted by Gasteiger charge is 2.03. The Kier molecular flexibility index (Phi) is 6.70. The molecule has 0 bridgehead atoms. The number of carbonyl (C=O) groups is 1. The summed E-state index contributed by atoms with van der Waals surface area (Å²) in [4.78, 5) is 12.0. The van der Waals surface area contributed by atoms with Crippen LogP contribution in [0, 0.1) is 0 Å². The molecule has 2 N–H and O–H groups in total. The molecule has 0 aliphatic rings. The SMILES string of the molecule is O=C(CNc1cccc(OCCOc2ccccc2)c1)Nc1ccccc1. The van der Waals surface area contributed by atoms with Crippen LogP contribution >= 0.6 is 0 Å². The molecule has 0 unspecified atom stereocenters. The lowest BCUT2D eigenvalue weighted by molar-refractivity contribution is -0.114. The van der Waals surface area contributed by atoms with Gasteiger partial charge in [0.15, 0.2) is 0 Å². The van der Waals surface area contributed by atoms with Crippen molar-refractivity contribution in [3.63, 3.8) is 0 Å². The van der Waals surface area contributed by atoms with Crippen LogP contribution in [0.1, 0.15) is 0 Å². The standard InChI is InChI=1S/C22H22N2O3/c25-22(24-18-8-3-1-4-9-18)17-23-19-10-7-13-21(16-19)27-15-14-26-20-11-5-2-6-12-20/h1-13,16,23H,14-15,17H2,(H,24,25). The number of ether oxygens (including phenoxy) is 2. The molecule has 0 aliphatic carbocycles. The van der Waals surface area contributed by atoms with Crippen molar-refractivity contribution in [3.05, 3.63) is 84.9 Å². The second-order valence-electron chi connectivity index (χ2n) is 5.81. The molecule has 3 aromatic carbocycles. The minimum absolute atomic E-state index is 0.108. The normalized spacial score (nSPS) is 10.1. The van der Waals surface area contributed by atoms with Crippen molar-refractivity contribution in [1.29, 1.82) is 0 Å². The second-order valence-corrected chi connectivity index (χ2v) is 5.81. The van der Waals surface area contributed by atoms with Crippen LogP contribution in [-0.4, -0.2) is 25.7 Å². The molecule has 0 heterocycles. The number of hydrogen-bond donors (Lipinski definition) is 2. The molecule has 0 atom stereocenters. The fourth-order valence-corrected chi connectivity index (χ4v) is 2.44. The molecular weight excluding hydrogens is 340 g/mol. The Bertz CT molecular complexity index is 838. The summed E-state index contributed by atoms with van der Waals surface area (Å²) in [5, 5.41) is 5.93. The first kappa shape index (κ1) is 18.3. The zero-order chi connectivity index (χ0) is 18.7. The molecule has 0 fully saturated rings. The van der Waals surface area contributed by atoms with E-state index in [1.54, 1.807) is 0 Å². The number of hydrogen-bond acceptors (Lipinski definition) is 4. The van der Waals surface area contributed by atoms with E-state index in [0.717, 1.165) is 22.9 Å². The highest BCUT2D eigenvalue weighted by Crippen LogP contribution is 2.17. The Balaban J connectivity index is 1.41. The summed E-state index contributed by atoms with van der Waals surface area (Å²) >= 11 is 0. The first-order chi connectivity index (χ1) is 13.3. The number of carbonyl (C=O) groups excluding carboxylic acids is 1. The van der Waals surface area contributed by atoms with Gasteiger partial charge in [-0.25, -0.2) is 0 Å². The monoisotopic (exact) mass is 362 g/mol. The Morgan fingerprint density at radius 3 is 2.04 bits per heavy atom. The quantitative estimate of drug-likeness (QED) is 0.560. The molecule has 27 heavy (non-hydrogen) atoms. The minimum Gasteiger partial charge on any atom is -0.490 e. The van der Waals surface area contributed by atoms with E-state index in [2.05, 4.69) is 10.6 Å². The van der Waals surface area contributed by atoms with Crippen molar-refractivity contribution >= 4 is 17.3 Å². The lowest BCUT2D eigenvalue weighted by Crippen LogP contribution is -2.21. The fraction of sp³-hybridized carbons (Fsp3) is 0.136. The molecule has 5 nitrogen and oxygen atoms in total. The number of benzene rings is 3. The summed E-state index contributed by atoms with van der Waals surface area (Å²) in [7, 11) is 0. The van der Waals surface area contributed by atoms with Gasteiger partial charge in [0.1, 0.15) is 24.7 Å². The molecule has 0 aromatic heterocycles. The first-order valence-electron chi connectivity index (χ1n) is 8.79. The molecule has 0 aliphatic heterocycles. The van der Waals surface area contributed by atoms with E-state index in [1.807, 2.05) is 84.9 Å². The summed E-state index contributed by atoms with van der Waals surface area (Å²) < 4.78 is 11.3. The van der Waals surface area contributed by atoms with Gasteiger partial charge in [-0.15, -0.1) is 0 Å². The minimum atomic E-state index is -0.108. The Labute approximate surface area is 158 Å². The molecule has 0 saturated heterocycles. The maximum Gasteiger partial charge on any atom is 0.243 e. The van der Waals surface area contributed by atoms with Crippen LogP contribution in [0.15, 0.2) is 84.9 Å². The van der Waals surface area contributed by atoms with Crippen LogP contribution in [0.5, 0.6) is 11.5 Å². The summed E-state index contributed by atoms with van der Waals surface area (Å²) in [6.45, 7) is 1.07. The fourth-order valence-electron chi connectivity index (χ4n) is 2.44. The van der Waals surface area contributed by atoms with Crippen LogP contribution in [0.3, 0.4) is 0 Å². The number of amides is 1. The Hall–Kier alpha value is -3.47. The molecule has 3 rings (SSSR count). The van der Waals surface area contributed by atoms with E-state index in [9.17, 15) is 4.79 Å². The van der Waals surface area contributed by atoms with Crippen LogP contribution in [0.25, 0.3) is 0 Å². The number of anilines is 2. The van der Waals surface area contributed by atoms with Gasteiger partial charge in [-0.05, 0) is 36.4 Å². The van der Waals surface area contributed by atoms with Crippen molar-refractivity contribution in [2.75, 3.05) is 30.4 Å². The summed E-state index contributed by atoms with van der Waals surface area (Å²) in [5.74, 6) is 1.44. The predicted octanol–water partition coefficient (Wildman–Crippen LogP) is 4.20. The van der Waals surface area contributed by atoms with E-state index in [4.69, 9.17) is 9.47 Å². The maximum atomic E-state index is 12.0. The second kappa shape index (κ2) is 9.87. The third-order valence-corrected chi connectivity index (χ3v) is 3.71. The molecule has 0 radical (unpaired) electrons. The van der Waals surface area contributed by atoms with Crippen molar-refractivity contribution in [2.45, 2.75) is 0 Å². The van der Waals surface area contributed by atoms with Gasteiger partial charge in [-0.2, -0.15) is 0 Å². The average molecular weight is 362 g/mol. The molecule has 5 heteroatoms. The van der Waals surface area contributed by atoms with Crippen molar-refractivity contribution in [2.24, 2.45) is 0 Å². The van der Waals surface area contributed by atoms with Gasteiger partial charge in [0.2, 0.25) is 5.91 Å². The zero-order valence-corrected chi connectivity index (χ0v) is 14.9.